The van der Waals surface area contributed by atoms with E-state index in [0.717, 1.165) is 24.0 Å². The zero-order chi connectivity index (χ0) is 15.8. The minimum absolute atomic E-state index is 0.283. The molecule has 2 N–H and O–H groups in total. The van der Waals surface area contributed by atoms with E-state index in [-0.39, 0.29) is 4.90 Å². The van der Waals surface area contributed by atoms with Crippen LogP contribution in [0.25, 0.3) is 0 Å². The Labute approximate surface area is 127 Å². The number of nitrogens with zero attached hydrogens (tertiary/aromatic N) is 2. The maximum absolute atomic E-state index is 12.9. The molecule has 1 saturated heterocycles. The van der Waals surface area contributed by atoms with Crippen molar-refractivity contribution in [2.45, 2.75) is 37.6 Å². The fraction of sp³-hybridized carbons (Fsp3) is 0.600. The molecule has 1 aliphatic heterocycles. The van der Waals surface area contributed by atoms with Crippen molar-refractivity contribution < 1.29 is 8.42 Å². The summed E-state index contributed by atoms with van der Waals surface area (Å²) < 4.78 is 27.4. The van der Waals surface area contributed by atoms with Gasteiger partial charge in [-0.05, 0) is 58.0 Å². The van der Waals surface area contributed by atoms with Gasteiger partial charge in [0.25, 0.3) is 0 Å². The highest BCUT2D eigenvalue weighted by molar-refractivity contribution is 7.89. The molecular formula is C15H25N3O2S. The molecule has 0 bridgehead atoms. The summed E-state index contributed by atoms with van der Waals surface area (Å²) >= 11 is 0. The summed E-state index contributed by atoms with van der Waals surface area (Å²) in [6.07, 6.45) is 1.72. The first kappa shape index (κ1) is 16.3. The molecule has 0 saturated carbocycles. The normalized spacial score (nSPS) is 18.3. The molecule has 0 spiro atoms. The number of nitrogen functional groups attached to an aromatic ring is 1. The maximum Gasteiger partial charge on any atom is 0.245 e. The van der Waals surface area contributed by atoms with Gasteiger partial charge in [0.2, 0.25) is 10.0 Å². The first-order valence-corrected chi connectivity index (χ1v) is 8.71. The third-order valence-corrected chi connectivity index (χ3v) is 6.56. The number of nitrogens with two attached hydrogens (primary N) is 1. The smallest absolute Gasteiger partial charge is 0.245 e. The third kappa shape index (κ3) is 3.07. The summed E-state index contributed by atoms with van der Waals surface area (Å²) in [7, 11) is 0.573. The Balaban J connectivity index is 2.30. The molecule has 21 heavy (non-hydrogen) atoms. The van der Waals surface area contributed by atoms with Crippen molar-refractivity contribution in [3.63, 3.8) is 0 Å². The van der Waals surface area contributed by atoms with Gasteiger partial charge in [0, 0.05) is 19.1 Å². The van der Waals surface area contributed by atoms with E-state index < -0.39 is 10.0 Å². The van der Waals surface area contributed by atoms with Gasteiger partial charge in [-0.15, -0.1) is 0 Å². The van der Waals surface area contributed by atoms with Crippen LogP contribution in [0.3, 0.4) is 0 Å². The first-order chi connectivity index (χ1) is 9.75. The van der Waals surface area contributed by atoms with E-state index in [1.807, 2.05) is 34.0 Å². The van der Waals surface area contributed by atoms with Gasteiger partial charge in [-0.3, -0.25) is 0 Å². The average molecular weight is 311 g/mol. The Hall–Kier alpha value is -1.11. The molecule has 6 heteroatoms. The Bertz CT molecular complexity index is 618. The van der Waals surface area contributed by atoms with Crippen molar-refractivity contribution in [3.05, 3.63) is 23.3 Å². The molecule has 1 aromatic rings. The van der Waals surface area contributed by atoms with Gasteiger partial charge in [-0.1, -0.05) is 6.07 Å². The van der Waals surface area contributed by atoms with E-state index in [1.54, 1.807) is 10.4 Å². The highest BCUT2D eigenvalue weighted by Gasteiger charge is 2.32. The summed E-state index contributed by atoms with van der Waals surface area (Å²) in [6.45, 7) is 4.84. The second-order valence-corrected chi connectivity index (χ2v) is 7.90. The van der Waals surface area contributed by atoms with E-state index in [0.29, 0.717) is 24.8 Å². The molecule has 118 valence electrons. The fourth-order valence-electron chi connectivity index (χ4n) is 2.88. The van der Waals surface area contributed by atoms with Crippen LogP contribution in [0, 0.1) is 13.8 Å². The minimum atomic E-state index is -3.51. The molecule has 0 atom stereocenters. The van der Waals surface area contributed by atoms with Crippen molar-refractivity contribution in [2.75, 3.05) is 32.9 Å². The highest BCUT2D eigenvalue weighted by atomic mass is 32.2. The van der Waals surface area contributed by atoms with Gasteiger partial charge in [-0.25, -0.2) is 8.42 Å². The van der Waals surface area contributed by atoms with E-state index in [4.69, 9.17) is 5.73 Å². The molecule has 0 unspecified atom stereocenters. The lowest BCUT2D eigenvalue weighted by molar-refractivity contribution is 0.196. The lowest BCUT2D eigenvalue weighted by atomic mass is 10.1. The highest BCUT2D eigenvalue weighted by Crippen LogP contribution is 2.30. The Kier molecular flexibility index (Phi) is 4.60. The second kappa shape index (κ2) is 5.94. The number of sulfonamides is 1. The van der Waals surface area contributed by atoms with Crippen LogP contribution >= 0.6 is 0 Å². The number of benzene rings is 1. The van der Waals surface area contributed by atoms with Crippen LogP contribution in [0.1, 0.15) is 24.0 Å². The zero-order valence-corrected chi connectivity index (χ0v) is 14.1. The summed E-state index contributed by atoms with van der Waals surface area (Å²) in [4.78, 5) is 2.45. The largest absolute Gasteiger partial charge is 0.398 e. The zero-order valence-electron chi connectivity index (χ0n) is 13.3. The summed E-state index contributed by atoms with van der Waals surface area (Å²) in [5.74, 6) is 0. The van der Waals surface area contributed by atoms with Crippen LogP contribution < -0.4 is 5.73 Å². The van der Waals surface area contributed by atoms with Crippen molar-refractivity contribution in [2.24, 2.45) is 0 Å². The Morgan fingerprint density at radius 3 is 2.29 bits per heavy atom. The number of anilines is 1. The van der Waals surface area contributed by atoms with Crippen LogP contribution in [0.15, 0.2) is 17.0 Å². The number of hydrogen-bond donors (Lipinski definition) is 1. The third-order valence-electron chi connectivity index (χ3n) is 4.46. The molecule has 0 aromatic heterocycles. The SMILES string of the molecule is Cc1ccc(N)c(S(=O)(=O)N2CCC(N(C)C)CC2)c1C. The molecule has 5 nitrogen and oxygen atoms in total. The van der Waals surface area contributed by atoms with E-state index in [9.17, 15) is 8.42 Å². The predicted octanol–water partition coefficient (Wildman–Crippen LogP) is 1.60. The Morgan fingerprint density at radius 1 is 1.19 bits per heavy atom. The van der Waals surface area contributed by atoms with E-state index in [1.165, 1.54) is 0 Å². The number of piperidine rings is 1. The molecule has 1 aliphatic rings. The van der Waals surface area contributed by atoms with Gasteiger partial charge < -0.3 is 10.6 Å². The number of aryl methyl sites for hydroxylation is 1. The van der Waals surface area contributed by atoms with Gasteiger partial charge in [0.05, 0.1) is 5.69 Å². The van der Waals surface area contributed by atoms with Gasteiger partial charge in [-0.2, -0.15) is 4.31 Å². The van der Waals surface area contributed by atoms with Crippen molar-refractivity contribution in [1.29, 1.82) is 0 Å². The van der Waals surface area contributed by atoms with Crippen molar-refractivity contribution in [1.82, 2.24) is 9.21 Å². The minimum Gasteiger partial charge on any atom is -0.398 e. The second-order valence-electron chi connectivity index (χ2n) is 6.02. The van der Waals surface area contributed by atoms with Gasteiger partial charge in [0.15, 0.2) is 0 Å². The quantitative estimate of drug-likeness (QED) is 0.861. The number of rotatable bonds is 3. The van der Waals surface area contributed by atoms with Crippen molar-refractivity contribution >= 4 is 15.7 Å². The number of hydrogen-bond acceptors (Lipinski definition) is 4. The van der Waals surface area contributed by atoms with Crippen molar-refractivity contribution in [3.8, 4) is 0 Å². The standard InChI is InChI=1S/C15H25N3O2S/c1-11-5-6-14(16)15(12(11)2)21(19,20)18-9-7-13(8-10-18)17(3)4/h5-6,13H,7-10,16H2,1-4H3. The average Bonchev–Trinajstić information content (AvgIpc) is 2.43. The molecular weight excluding hydrogens is 286 g/mol. The molecule has 0 aliphatic carbocycles. The lowest BCUT2D eigenvalue weighted by Crippen LogP contribution is -2.44. The van der Waals surface area contributed by atoms with Crippen LogP contribution in [-0.2, 0) is 10.0 Å². The molecule has 0 amide bonds. The molecule has 1 fully saturated rings. The Morgan fingerprint density at radius 2 is 1.76 bits per heavy atom. The van der Waals surface area contributed by atoms with Crippen LogP contribution in [0.5, 0.6) is 0 Å². The van der Waals surface area contributed by atoms with Gasteiger partial charge in [0.1, 0.15) is 4.90 Å². The summed E-state index contributed by atoms with van der Waals surface area (Å²) in [5, 5.41) is 0. The van der Waals surface area contributed by atoms with Crippen LogP contribution in [-0.4, -0.2) is 50.8 Å². The lowest BCUT2D eigenvalue weighted by Gasteiger charge is -2.35. The monoisotopic (exact) mass is 311 g/mol. The van der Waals surface area contributed by atoms with Gasteiger partial charge >= 0.3 is 0 Å². The van der Waals surface area contributed by atoms with E-state index >= 15 is 0 Å². The fourth-order valence-corrected chi connectivity index (χ4v) is 4.75. The maximum atomic E-state index is 12.9. The molecule has 1 heterocycles. The molecule has 2 rings (SSSR count). The molecule has 1 aromatic carbocycles. The van der Waals surface area contributed by atoms with Crippen LogP contribution in [0.4, 0.5) is 5.69 Å². The predicted molar refractivity (Wildman–Crippen MR) is 85.8 cm³/mol. The summed E-state index contributed by atoms with van der Waals surface area (Å²) in [5.41, 5.74) is 7.99. The first-order valence-electron chi connectivity index (χ1n) is 7.27. The summed E-state index contributed by atoms with van der Waals surface area (Å²) in [6, 6.07) is 4.00. The van der Waals surface area contributed by atoms with E-state index in [2.05, 4.69) is 4.90 Å². The molecule has 0 radical (unpaired) electrons. The topological polar surface area (TPSA) is 66.6 Å². The van der Waals surface area contributed by atoms with Crippen LogP contribution in [0.2, 0.25) is 0 Å².